The van der Waals surface area contributed by atoms with E-state index in [1.807, 2.05) is 26.0 Å². The number of aromatic nitrogens is 1. The van der Waals surface area contributed by atoms with Crippen LogP contribution in [0.15, 0.2) is 29.8 Å². The van der Waals surface area contributed by atoms with E-state index < -0.39 is 11.7 Å². The van der Waals surface area contributed by atoms with Crippen LogP contribution in [0.25, 0.3) is 6.08 Å². The summed E-state index contributed by atoms with van der Waals surface area (Å²) in [6.07, 6.45) is 2.58. The van der Waals surface area contributed by atoms with Crippen LogP contribution in [0, 0.1) is 37.9 Å². The van der Waals surface area contributed by atoms with E-state index >= 15 is 0 Å². The molecule has 2 aromatic rings. The number of nitrogens with one attached hydrogen (secondary N) is 1. The monoisotopic (exact) mass is 339 g/mol. The van der Waals surface area contributed by atoms with Gasteiger partial charge in [-0.1, -0.05) is 13.0 Å². The van der Waals surface area contributed by atoms with Crippen LogP contribution < -0.4 is 5.32 Å². The summed E-state index contributed by atoms with van der Waals surface area (Å²) in [6.45, 7) is 8.61. The number of carbonyl (C=O) groups excluding carboxylic acids is 1. The first-order valence-electron chi connectivity index (χ1n) is 8.23. The molecule has 0 radical (unpaired) electrons. The van der Waals surface area contributed by atoms with Crippen LogP contribution >= 0.6 is 0 Å². The fourth-order valence-electron chi connectivity index (χ4n) is 2.71. The minimum Gasteiger partial charge on any atom is -0.349 e. The second kappa shape index (κ2) is 7.80. The molecule has 5 heteroatoms. The van der Waals surface area contributed by atoms with Gasteiger partial charge >= 0.3 is 0 Å². The van der Waals surface area contributed by atoms with E-state index in [0.717, 1.165) is 29.9 Å². The topological polar surface area (TPSA) is 57.8 Å². The highest BCUT2D eigenvalue weighted by atomic mass is 19.1. The number of hydrogen-bond acceptors (Lipinski definition) is 2. The molecule has 0 aliphatic heterocycles. The number of nitrogens with zero attached hydrogens (tertiary/aromatic N) is 2. The Morgan fingerprint density at radius 1 is 1.32 bits per heavy atom. The van der Waals surface area contributed by atoms with Gasteiger partial charge in [0.2, 0.25) is 0 Å². The molecule has 130 valence electrons. The van der Waals surface area contributed by atoms with E-state index in [1.165, 1.54) is 6.07 Å². The zero-order chi connectivity index (χ0) is 18.6. The van der Waals surface area contributed by atoms with Gasteiger partial charge in [-0.25, -0.2) is 4.39 Å². The molecule has 0 saturated carbocycles. The lowest BCUT2D eigenvalue weighted by Gasteiger charge is -2.07. The normalized spacial score (nSPS) is 11.3. The van der Waals surface area contributed by atoms with Crippen molar-refractivity contribution in [2.45, 2.75) is 40.7 Å². The van der Waals surface area contributed by atoms with Gasteiger partial charge in [0, 0.05) is 23.6 Å². The number of hydrogen-bond donors (Lipinski definition) is 1. The third-order valence-electron chi connectivity index (χ3n) is 4.15. The van der Waals surface area contributed by atoms with E-state index in [1.54, 1.807) is 25.1 Å². The van der Waals surface area contributed by atoms with E-state index in [0.29, 0.717) is 11.3 Å². The molecular formula is C20H22FN3O. The lowest BCUT2D eigenvalue weighted by atomic mass is 10.1. The Hall–Kier alpha value is -2.87. The summed E-state index contributed by atoms with van der Waals surface area (Å²) in [5, 5.41) is 11.9. The SMILES string of the molecule is CCCn1c(C)cc(/C=C(\C#N)C(=O)Nc2ccc(C)c(F)c2)c1C. The minimum absolute atomic E-state index is 0.0160. The average molecular weight is 339 g/mol. The molecule has 1 aromatic heterocycles. The minimum atomic E-state index is -0.550. The molecule has 0 aliphatic carbocycles. The summed E-state index contributed by atoms with van der Waals surface area (Å²) < 4.78 is 15.8. The van der Waals surface area contributed by atoms with Crippen molar-refractivity contribution in [2.75, 3.05) is 5.32 Å². The van der Waals surface area contributed by atoms with Gasteiger partial charge in [0.25, 0.3) is 5.91 Å². The maximum atomic E-state index is 13.6. The van der Waals surface area contributed by atoms with Crippen molar-refractivity contribution in [3.63, 3.8) is 0 Å². The number of benzene rings is 1. The highest BCUT2D eigenvalue weighted by Gasteiger charge is 2.13. The molecular weight excluding hydrogens is 317 g/mol. The van der Waals surface area contributed by atoms with Gasteiger partial charge in [-0.2, -0.15) is 5.26 Å². The van der Waals surface area contributed by atoms with E-state index in [2.05, 4.69) is 16.8 Å². The molecule has 0 unspecified atom stereocenters. The molecule has 0 spiro atoms. The molecule has 0 fully saturated rings. The van der Waals surface area contributed by atoms with Crippen molar-refractivity contribution in [1.82, 2.24) is 4.57 Å². The van der Waals surface area contributed by atoms with Crippen molar-refractivity contribution in [2.24, 2.45) is 0 Å². The number of anilines is 1. The Morgan fingerprint density at radius 3 is 2.64 bits per heavy atom. The maximum Gasteiger partial charge on any atom is 0.266 e. The van der Waals surface area contributed by atoms with Gasteiger partial charge < -0.3 is 9.88 Å². The number of halogens is 1. The van der Waals surface area contributed by atoms with Crippen molar-refractivity contribution >= 4 is 17.7 Å². The average Bonchev–Trinajstić information content (AvgIpc) is 2.83. The maximum absolute atomic E-state index is 13.6. The van der Waals surface area contributed by atoms with Crippen LogP contribution in [0.1, 0.15) is 35.9 Å². The molecule has 0 saturated heterocycles. The lowest BCUT2D eigenvalue weighted by Crippen LogP contribution is -2.13. The Kier molecular flexibility index (Phi) is 5.76. The van der Waals surface area contributed by atoms with Crippen molar-refractivity contribution in [3.05, 3.63) is 58.2 Å². The van der Waals surface area contributed by atoms with Crippen LogP contribution in [0.2, 0.25) is 0 Å². The summed E-state index contributed by atoms with van der Waals surface area (Å²) in [5.74, 6) is -0.950. The number of rotatable bonds is 5. The van der Waals surface area contributed by atoms with Crippen LogP contribution in [0.4, 0.5) is 10.1 Å². The molecule has 1 aromatic carbocycles. The lowest BCUT2D eigenvalue weighted by molar-refractivity contribution is -0.112. The molecule has 25 heavy (non-hydrogen) atoms. The van der Waals surface area contributed by atoms with E-state index in [-0.39, 0.29) is 5.57 Å². The standard InChI is InChI=1S/C20H22FN3O/c1-5-8-24-14(3)9-16(15(24)4)10-17(12-22)20(25)23-18-7-6-13(2)19(21)11-18/h6-7,9-11H,5,8H2,1-4H3,(H,23,25)/b17-10+. The molecule has 0 aliphatic rings. The number of aryl methyl sites for hydroxylation is 2. The number of nitriles is 1. The predicted molar refractivity (Wildman–Crippen MR) is 97.6 cm³/mol. The van der Waals surface area contributed by atoms with Crippen molar-refractivity contribution in [1.29, 1.82) is 5.26 Å². The third kappa shape index (κ3) is 4.16. The molecule has 0 atom stereocenters. The van der Waals surface area contributed by atoms with Crippen LogP contribution in [0.3, 0.4) is 0 Å². The summed E-state index contributed by atoms with van der Waals surface area (Å²) in [7, 11) is 0. The van der Waals surface area contributed by atoms with E-state index in [4.69, 9.17) is 0 Å². The molecule has 4 nitrogen and oxygen atoms in total. The quantitative estimate of drug-likeness (QED) is 0.644. The van der Waals surface area contributed by atoms with Gasteiger partial charge in [-0.05, 0) is 62.6 Å². The molecule has 1 heterocycles. The fourth-order valence-corrected chi connectivity index (χ4v) is 2.71. The first-order valence-corrected chi connectivity index (χ1v) is 8.23. The zero-order valence-electron chi connectivity index (χ0n) is 15.0. The summed E-state index contributed by atoms with van der Waals surface area (Å²) in [5.41, 5.74) is 3.75. The predicted octanol–water partition coefficient (Wildman–Crippen LogP) is 4.51. The Bertz CT molecular complexity index is 872. The van der Waals surface area contributed by atoms with Crippen LogP contribution in [0.5, 0.6) is 0 Å². The summed E-state index contributed by atoms with van der Waals surface area (Å²) in [4.78, 5) is 12.3. The number of amides is 1. The van der Waals surface area contributed by atoms with Gasteiger partial charge in [-0.15, -0.1) is 0 Å². The van der Waals surface area contributed by atoms with Crippen molar-refractivity contribution in [3.8, 4) is 6.07 Å². The van der Waals surface area contributed by atoms with E-state index in [9.17, 15) is 14.4 Å². The molecule has 1 amide bonds. The Labute approximate surface area is 147 Å². The smallest absolute Gasteiger partial charge is 0.266 e. The van der Waals surface area contributed by atoms with Crippen LogP contribution in [-0.2, 0) is 11.3 Å². The number of carbonyl (C=O) groups is 1. The molecule has 2 rings (SSSR count). The summed E-state index contributed by atoms with van der Waals surface area (Å²) in [6, 6.07) is 8.33. The largest absolute Gasteiger partial charge is 0.349 e. The zero-order valence-corrected chi connectivity index (χ0v) is 15.0. The highest BCUT2D eigenvalue weighted by Crippen LogP contribution is 2.20. The van der Waals surface area contributed by atoms with Gasteiger partial charge in [0.15, 0.2) is 0 Å². The summed E-state index contributed by atoms with van der Waals surface area (Å²) >= 11 is 0. The Balaban J connectivity index is 2.28. The third-order valence-corrected chi connectivity index (χ3v) is 4.15. The van der Waals surface area contributed by atoms with Gasteiger partial charge in [0.1, 0.15) is 17.5 Å². The fraction of sp³-hybridized carbons (Fsp3) is 0.300. The Morgan fingerprint density at radius 2 is 2.04 bits per heavy atom. The van der Waals surface area contributed by atoms with Crippen LogP contribution in [-0.4, -0.2) is 10.5 Å². The first kappa shape index (κ1) is 18.5. The van der Waals surface area contributed by atoms with Gasteiger partial charge in [-0.3, -0.25) is 4.79 Å². The molecule has 1 N–H and O–H groups in total. The first-order chi connectivity index (χ1) is 11.9. The molecule has 0 bridgehead atoms. The van der Waals surface area contributed by atoms with Gasteiger partial charge in [0.05, 0.1) is 0 Å². The second-order valence-corrected chi connectivity index (χ2v) is 6.07. The highest BCUT2D eigenvalue weighted by molar-refractivity contribution is 6.09. The second-order valence-electron chi connectivity index (χ2n) is 6.07. The van der Waals surface area contributed by atoms with Crippen molar-refractivity contribution < 1.29 is 9.18 Å².